The Balaban J connectivity index is 3.39. The number of carbonyl (C=O) groups is 2. The Morgan fingerprint density at radius 1 is 0.756 bits per heavy atom. The van der Waals surface area contributed by atoms with Crippen LogP contribution < -0.4 is 10.6 Å². The quantitative estimate of drug-likeness (QED) is 0.0202. The summed E-state index contributed by atoms with van der Waals surface area (Å²) >= 11 is 14.8. The van der Waals surface area contributed by atoms with Crippen molar-refractivity contribution in [2.24, 2.45) is 9.98 Å². The number of alkyl carbamates (subject to hydrolysis) is 1. The van der Waals surface area contributed by atoms with Crippen molar-refractivity contribution in [3.63, 3.8) is 0 Å². The predicted octanol–water partition coefficient (Wildman–Crippen LogP) is 4.90. The molecular formula is C18H34N4O8S11. The first-order valence-electron chi connectivity index (χ1n) is 11.0. The molecule has 0 fully saturated rings. The van der Waals surface area contributed by atoms with Crippen LogP contribution in [0.3, 0.4) is 0 Å². The molecule has 0 spiro atoms. The summed E-state index contributed by atoms with van der Waals surface area (Å²) in [5.74, 6) is 2.22. The maximum Gasteiger partial charge on any atom is 0.408 e. The van der Waals surface area contributed by atoms with Gasteiger partial charge in [-0.25, -0.2) is 9.79 Å². The number of nitrogens with zero attached hydrogens (tertiary/aromatic N) is 2. The maximum atomic E-state index is 12.0. The molecule has 0 aromatic heterocycles. The summed E-state index contributed by atoms with van der Waals surface area (Å²) in [4.78, 5) is 40.7. The number of thioether (sulfide) groups is 10. The minimum absolute atomic E-state index is 0.0250. The van der Waals surface area contributed by atoms with E-state index in [1.807, 2.05) is 0 Å². The van der Waals surface area contributed by atoms with E-state index in [-0.39, 0.29) is 29.0 Å². The van der Waals surface area contributed by atoms with Gasteiger partial charge in [0.1, 0.15) is 11.9 Å². The molecule has 23 heteroatoms. The zero-order valence-electron chi connectivity index (χ0n) is 21.8. The van der Waals surface area contributed by atoms with E-state index >= 15 is 0 Å². The van der Waals surface area contributed by atoms with Crippen LogP contribution in [-0.2, 0) is 25.3 Å². The molecule has 0 rings (SSSR count). The summed E-state index contributed by atoms with van der Waals surface area (Å²) in [6.45, 7) is 0. The Labute approximate surface area is 286 Å². The first kappa shape index (κ1) is 42.4. The molecule has 0 aliphatic heterocycles. The highest BCUT2D eigenvalue weighted by atomic mass is 32.3. The minimum atomic E-state index is -1.11. The van der Waals surface area contributed by atoms with Crippen LogP contribution in [0.25, 0.3) is 0 Å². The first-order valence-corrected chi connectivity index (χ1v) is 23.7. The molecule has 2 amide bonds. The topological polar surface area (TPSA) is 168 Å². The van der Waals surface area contributed by atoms with E-state index in [0.29, 0.717) is 33.7 Å². The molecule has 0 saturated carbocycles. The number of ether oxygens (including phenoxy) is 1. The third-order valence-electron chi connectivity index (χ3n) is 3.07. The van der Waals surface area contributed by atoms with Gasteiger partial charge in [0.2, 0.25) is 6.40 Å². The lowest BCUT2D eigenvalue weighted by Gasteiger charge is -2.05. The number of aliphatic imine (C=N–C) groups is 2. The maximum absolute atomic E-state index is 12.0. The van der Waals surface area contributed by atoms with Crippen molar-refractivity contribution in [1.82, 2.24) is 10.6 Å². The summed E-state index contributed by atoms with van der Waals surface area (Å²) in [6, 6.07) is 0. The SMILES string of the molecule is O=C(NCSCSC/N=C\S(=O)CSCSCSCSC(=O)NCSCSC/N=C\OOCSCO)OCSCO. The first-order chi connectivity index (χ1) is 20.1. The Kier molecular flexibility index (Phi) is 37.1. The van der Waals surface area contributed by atoms with Crippen molar-refractivity contribution >= 4 is 152 Å². The molecule has 12 nitrogen and oxygen atoms in total. The van der Waals surface area contributed by atoms with Crippen molar-refractivity contribution in [2.75, 3.05) is 77.8 Å². The molecular weight excluding hydrogens is 753 g/mol. The lowest BCUT2D eigenvalue weighted by Crippen LogP contribution is -2.23. The molecule has 4 N–H and O–H groups in total. The van der Waals surface area contributed by atoms with Gasteiger partial charge in [-0.15, -0.1) is 94.1 Å². The van der Waals surface area contributed by atoms with Gasteiger partial charge in [0.05, 0.1) is 56.8 Å². The highest BCUT2D eigenvalue weighted by Crippen LogP contribution is 2.22. The average Bonchev–Trinajstić information content (AvgIpc) is 2.96. The van der Waals surface area contributed by atoms with E-state index in [4.69, 9.17) is 19.8 Å². The lowest BCUT2D eigenvalue weighted by atomic mass is 11.1. The standard InChI is InChI=1S/C18H34N4O8S11/c23-7-35-9-28-17(25)21-4-33-12-32-3-20-6-41(27)16-39-14-37-13-38-15-40-18(26)22-5-34-11-31-2-19-1-29-30-10-36-8-24/h1,6,23-24H,2-5,7-16H2,(H,21,25)(H,22,26)/b19-1-,20-6-. The highest BCUT2D eigenvalue weighted by molar-refractivity contribution is 8.29. The average molecular weight is 787 g/mol. The summed E-state index contributed by atoms with van der Waals surface area (Å²) in [6.07, 6.45) is 0.704. The van der Waals surface area contributed by atoms with Crippen molar-refractivity contribution in [2.45, 2.75) is 0 Å². The Bertz CT molecular complexity index is 719. The van der Waals surface area contributed by atoms with Gasteiger partial charge in [-0.1, -0.05) is 23.5 Å². The molecule has 0 heterocycles. The van der Waals surface area contributed by atoms with Gasteiger partial charge in [0.25, 0.3) is 5.24 Å². The number of aliphatic hydroxyl groups excluding tert-OH is 2. The lowest BCUT2D eigenvalue weighted by molar-refractivity contribution is -0.196. The van der Waals surface area contributed by atoms with Gasteiger partial charge >= 0.3 is 6.09 Å². The minimum Gasteiger partial charge on any atom is -0.438 e. The van der Waals surface area contributed by atoms with Crippen LogP contribution in [-0.4, -0.2) is 115 Å². The number of rotatable bonds is 29. The van der Waals surface area contributed by atoms with Gasteiger partial charge in [0, 0.05) is 25.4 Å². The zero-order valence-corrected chi connectivity index (χ0v) is 30.8. The van der Waals surface area contributed by atoms with Crippen LogP contribution in [0.5, 0.6) is 0 Å². The number of aliphatic hydroxyl groups is 2. The molecule has 0 bridgehead atoms. The number of hydrogen-bond acceptors (Lipinski definition) is 20. The van der Waals surface area contributed by atoms with Gasteiger partial charge in [-0.05, 0) is 0 Å². The Morgan fingerprint density at radius 2 is 1.39 bits per heavy atom. The molecule has 0 aromatic rings. The molecule has 1 atom stereocenters. The molecule has 1 unspecified atom stereocenters. The van der Waals surface area contributed by atoms with Crippen molar-refractivity contribution in [3.05, 3.63) is 0 Å². The van der Waals surface area contributed by atoms with E-state index < -0.39 is 16.9 Å². The molecule has 41 heavy (non-hydrogen) atoms. The third kappa shape index (κ3) is 35.8. The number of nitrogens with one attached hydrogen (secondary N) is 2. The van der Waals surface area contributed by atoms with E-state index in [0.717, 1.165) is 32.1 Å². The second-order valence-electron chi connectivity index (χ2n) is 5.97. The summed E-state index contributed by atoms with van der Waals surface area (Å²) in [5, 5.41) is 26.9. The molecule has 0 aliphatic rings. The largest absolute Gasteiger partial charge is 0.438 e. The second-order valence-corrected chi connectivity index (χ2v) is 19.0. The van der Waals surface area contributed by atoms with Crippen LogP contribution in [0.4, 0.5) is 9.59 Å². The van der Waals surface area contributed by atoms with Crippen LogP contribution in [0.1, 0.15) is 0 Å². The van der Waals surface area contributed by atoms with E-state index in [1.54, 1.807) is 70.6 Å². The number of amides is 2. The second kappa shape index (κ2) is 35.9. The summed E-state index contributed by atoms with van der Waals surface area (Å²) in [7, 11) is -1.11. The van der Waals surface area contributed by atoms with Crippen LogP contribution in [0.15, 0.2) is 9.98 Å². The van der Waals surface area contributed by atoms with Gasteiger partial charge < -0.3 is 30.5 Å². The summed E-state index contributed by atoms with van der Waals surface area (Å²) < 4.78 is 16.8. The predicted molar refractivity (Wildman–Crippen MR) is 194 cm³/mol. The van der Waals surface area contributed by atoms with Crippen LogP contribution in [0.2, 0.25) is 0 Å². The molecule has 0 aromatic carbocycles. The Morgan fingerprint density at radius 3 is 2.15 bits per heavy atom. The smallest absolute Gasteiger partial charge is 0.408 e. The van der Waals surface area contributed by atoms with Gasteiger partial charge in [0.15, 0.2) is 0 Å². The van der Waals surface area contributed by atoms with Crippen molar-refractivity contribution in [3.8, 4) is 0 Å². The van der Waals surface area contributed by atoms with Crippen molar-refractivity contribution < 1.29 is 38.5 Å². The molecule has 0 aliphatic carbocycles. The van der Waals surface area contributed by atoms with E-state index in [2.05, 4.69) is 25.5 Å². The fourth-order valence-electron chi connectivity index (χ4n) is 1.57. The van der Waals surface area contributed by atoms with E-state index in [1.165, 1.54) is 47.2 Å². The molecule has 0 saturated heterocycles. The molecule has 240 valence electrons. The monoisotopic (exact) mass is 786 g/mol. The van der Waals surface area contributed by atoms with Gasteiger partial charge in [-0.2, -0.15) is 4.89 Å². The van der Waals surface area contributed by atoms with E-state index in [9.17, 15) is 13.8 Å². The zero-order chi connectivity index (χ0) is 30.1. The number of hydrogen-bond donors (Lipinski definition) is 4. The highest BCUT2D eigenvalue weighted by Gasteiger charge is 2.03. The molecule has 0 radical (unpaired) electrons. The fourth-order valence-corrected chi connectivity index (χ4v) is 10.9. The van der Waals surface area contributed by atoms with Gasteiger partial charge in [-0.3, -0.25) is 14.0 Å². The summed E-state index contributed by atoms with van der Waals surface area (Å²) in [5.41, 5.74) is 1.48. The van der Waals surface area contributed by atoms with Crippen LogP contribution in [0, 0.1) is 0 Å². The fraction of sp³-hybridized carbons (Fsp3) is 0.778. The van der Waals surface area contributed by atoms with Crippen molar-refractivity contribution in [1.29, 1.82) is 0 Å². The normalized spacial score (nSPS) is 12.1. The van der Waals surface area contributed by atoms with Crippen LogP contribution >= 0.6 is 118 Å². The number of carbonyl (C=O) groups excluding carboxylic acids is 2. The third-order valence-corrected chi connectivity index (χ3v) is 14.2. The Hall–Kier alpha value is 1.41.